The highest BCUT2D eigenvalue weighted by atomic mass is 14.8. The summed E-state index contributed by atoms with van der Waals surface area (Å²) in [6, 6.07) is 0. The van der Waals surface area contributed by atoms with E-state index in [1.165, 1.54) is 45.1 Å². The van der Waals surface area contributed by atoms with E-state index in [1.54, 1.807) is 0 Å². The molecule has 2 nitrogen and oxygen atoms in total. The fraction of sp³-hybridized carbons (Fsp3) is 1.00. The summed E-state index contributed by atoms with van der Waals surface area (Å²) in [5.41, 5.74) is 5.40. The lowest BCUT2D eigenvalue weighted by atomic mass is 10.0. The number of nitrogens with one attached hydrogen (secondary N) is 1. The monoisotopic (exact) mass is 184 g/mol. The minimum atomic E-state index is 0.815. The van der Waals surface area contributed by atoms with Crippen LogP contribution in [0, 0.1) is 5.92 Å². The zero-order valence-electron chi connectivity index (χ0n) is 8.73. The Morgan fingerprint density at radius 1 is 1.08 bits per heavy atom. The first-order valence-corrected chi connectivity index (χ1v) is 5.84. The van der Waals surface area contributed by atoms with Crippen molar-refractivity contribution in [3.63, 3.8) is 0 Å². The summed E-state index contributed by atoms with van der Waals surface area (Å²) in [5, 5.41) is 3.43. The summed E-state index contributed by atoms with van der Waals surface area (Å²) in [6.07, 6.45) is 9.84. The third kappa shape index (κ3) is 5.27. The van der Waals surface area contributed by atoms with E-state index in [0.29, 0.717) is 0 Å². The molecule has 0 bridgehead atoms. The second kappa shape index (κ2) is 7.34. The van der Waals surface area contributed by atoms with E-state index < -0.39 is 0 Å². The molecule has 0 aromatic rings. The van der Waals surface area contributed by atoms with E-state index in [0.717, 1.165) is 25.4 Å². The summed E-state index contributed by atoms with van der Waals surface area (Å²) in [5.74, 6) is 1.05. The Morgan fingerprint density at radius 2 is 1.77 bits per heavy atom. The molecule has 0 unspecified atom stereocenters. The molecule has 1 aliphatic carbocycles. The largest absolute Gasteiger partial charge is 0.330 e. The molecule has 13 heavy (non-hydrogen) atoms. The zero-order chi connectivity index (χ0) is 9.36. The van der Waals surface area contributed by atoms with Gasteiger partial charge in [-0.25, -0.2) is 0 Å². The summed E-state index contributed by atoms with van der Waals surface area (Å²) < 4.78 is 0. The molecule has 1 rings (SSSR count). The van der Waals surface area contributed by atoms with Gasteiger partial charge in [-0.1, -0.05) is 25.7 Å². The summed E-state index contributed by atoms with van der Waals surface area (Å²) in [6.45, 7) is 3.10. The van der Waals surface area contributed by atoms with E-state index in [1.807, 2.05) is 0 Å². The minimum absolute atomic E-state index is 0.815. The van der Waals surface area contributed by atoms with E-state index in [2.05, 4.69) is 5.32 Å². The van der Waals surface area contributed by atoms with Gasteiger partial charge in [0.2, 0.25) is 0 Å². The van der Waals surface area contributed by atoms with Crippen LogP contribution in [0.2, 0.25) is 0 Å². The van der Waals surface area contributed by atoms with Crippen molar-refractivity contribution in [3.05, 3.63) is 0 Å². The second-order valence-electron chi connectivity index (χ2n) is 4.18. The van der Waals surface area contributed by atoms with Gasteiger partial charge in [-0.15, -0.1) is 0 Å². The van der Waals surface area contributed by atoms with Gasteiger partial charge in [-0.05, 0) is 44.8 Å². The third-order valence-electron chi connectivity index (χ3n) is 3.00. The number of rotatable bonds is 7. The van der Waals surface area contributed by atoms with Gasteiger partial charge in [0.15, 0.2) is 0 Å². The first-order valence-electron chi connectivity index (χ1n) is 5.84. The van der Waals surface area contributed by atoms with E-state index in [-0.39, 0.29) is 0 Å². The smallest absolute Gasteiger partial charge is 0.00369 e. The maximum atomic E-state index is 5.40. The highest BCUT2D eigenvalue weighted by Gasteiger charge is 2.13. The Labute approximate surface area is 82.3 Å². The quantitative estimate of drug-likeness (QED) is 0.593. The van der Waals surface area contributed by atoms with Crippen LogP contribution < -0.4 is 11.1 Å². The topological polar surface area (TPSA) is 38.0 Å². The van der Waals surface area contributed by atoms with Crippen molar-refractivity contribution in [2.24, 2.45) is 11.7 Å². The first-order chi connectivity index (χ1) is 6.43. The Bertz CT molecular complexity index is 109. The van der Waals surface area contributed by atoms with Gasteiger partial charge in [0.25, 0.3) is 0 Å². The van der Waals surface area contributed by atoms with Crippen molar-refractivity contribution < 1.29 is 0 Å². The Hall–Kier alpha value is -0.0800. The molecule has 0 amide bonds. The van der Waals surface area contributed by atoms with Crippen LogP contribution >= 0.6 is 0 Å². The number of hydrogen-bond donors (Lipinski definition) is 2. The van der Waals surface area contributed by atoms with Gasteiger partial charge >= 0.3 is 0 Å². The van der Waals surface area contributed by atoms with Crippen LogP contribution in [-0.2, 0) is 0 Å². The van der Waals surface area contributed by atoms with Crippen LogP contribution in [0.3, 0.4) is 0 Å². The van der Waals surface area contributed by atoms with Crippen LogP contribution in [-0.4, -0.2) is 19.6 Å². The number of hydrogen-bond acceptors (Lipinski definition) is 2. The number of nitrogens with two attached hydrogens (primary N) is 1. The molecule has 0 atom stereocenters. The van der Waals surface area contributed by atoms with Crippen LogP contribution in [0.1, 0.15) is 44.9 Å². The van der Waals surface area contributed by atoms with Crippen LogP contribution in [0.25, 0.3) is 0 Å². The average Bonchev–Trinajstić information content (AvgIpc) is 2.63. The van der Waals surface area contributed by atoms with Gasteiger partial charge in [-0.2, -0.15) is 0 Å². The summed E-state index contributed by atoms with van der Waals surface area (Å²) >= 11 is 0. The Kier molecular flexibility index (Phi) is 6.21. The van der Waals surface area contributed by atoms with E-state index in [9.17, 15) is 0 Å². The molecule has 0 radical (unpaired) electrons. The molecule has 0 spiro atoms. The van der Waals surface area contributed by atoms with E-state index >= 15 is 0 Å². The molecular formula is C11H24N2. The maximum absolute atomic E-state index is 5.40. The van der Waals surface area contributed by atoms with Crippen molar-refractivity contribution in [2.75, 3.05) is 19.6 Å². The van der Waals surface area contributed by atoms with Crippen molar-refractivity contribution in [1.82, 2.24) is 5.32 Å². The van der Waals surface area contributed by atoms with Gasteiger partial charge < -0.3 is 11.1 Å². The van der Waals surface area contributed by atoms with Gasteiger partial charge in [-0.3, -0.25) is 0 Å². The molecule has 1 fully saturated rings. The fourth-order valence-corrected chi connectivity index (χ4v) is 2.17. The van der Waals surface area contributed by atoms with Crippen LogP contribution in [0.5, 0.6) is 0 Å². The maximum Gasteiger partial charge on any atom is -0.00369 e. The Morgan fingerprint density at radius 3 is 2.46 bits per heavy atom. The molecule has 78 valence electrons. The predicted molar refractivity (Wildman–Crippen MR) is 57.7 cm³/mol. The normalized spacial score (nSPS) is 18.2. The Balaban J connectivity index is 1.78. The van der Waals surface area contributed by atoms with Gasteiger partial charge in [0.05, 0.1) is 0 Å². The second-order valence-corrected chi connectivity index (χ2v) is 4.18. The summed E-state index contributed by atoms with van der Waals surface area (Å²) in [4.78, 5) is 0. The van der Waals surface area contributed by atoms with E-state index in [4.69, 9.17) is 5.73 Å². The summed E-state index contributed by atoms with van der Waals surface area (Å²) in [7, 11) is 0. The molecular weight excluding hydrogens is 160 g/mol. The SMILES string of the molecule is NCCCNCCCC1CCCC1. The zero-order valence-corrected chi connectivity index (χ0v) is 8.73. The molecule has 1 saturated carbocycles. The lowest BCUT2D eigenvalue weighted by Crippen LogP contribution is -2.19. The lowest BCUT2D eigenvalue weighted by molar-refractivity contribution is 0.470. The van der Waals surface area contributed by atoms with Crippen LogP contribution in [0.4, 0.5) is 0 Å². The molecule has 0 heterocycles. The third-order valence-corrected chi connectivity index (χ3v) is 3.00. The molecule has 0 aromatic heterocycles. The van der Waals surface area contributed by atoms with Crippen molar-refractivity contribution in [3.8, 4) is 0 Å². The molecule has 2 heteroatoms. The molecule has 0 aliphatic heterocycles. The first kappa shape index (κ1) is 11.0. The average molecular weight is 184 g/mol. The predicted octanol–water partition coefficient (Wildman–Crippen LogP) is 1.90. The lowest BCUT2D eigenvalue weighted by Gasteiger charge is -2.08. The standard InChI is InChI=1S/C11H24N2/c12-8-4-10-13-9-3-7-11-5-1-2-6-11/h11,13H,1-10,12H2. The molecule has 0 aromatic carbocycles. The van der Waals surface area contributed by atoms with Crippen molar-refractivity contribution >= 4 is 0 Å². The van der Waals surface area contributed by atoms with Crippen LogP contribution in [0.15, 0.2) is 0 Å². The van der Waals surface area contributed by atoms with Crippen molar-refractivity contribution in [1.29, 1.82) is 0 Å². The highest BCUT2D eigenvalue weighted by Crippen LogP contribution is 2.28. The highest BCUT2D eigenvalue weighted by molar-refractivity contribution is 4.67. The van der Waals surface area contributed by atoms with Gasteiger partial charge in [0.1, 0.15) is 0 Å². The minimum Gasteiger partial charge on any atom is -0.330 e. The fourth-order valence-electron chi connectivity index (χ4n) is 2.17. The molecule has 0 saturated heterocycles. The molecule has 1 aliphatic rings. The van der Waals surface area contributed by atoms with Gasteiger partial charge in [0, 0.05) is 0 Å². The molecule has 3 N–H and O–H groups in total. The van der Waals surface area contributed by atoms with Crippen molar-refractivity contribution in [2.45, 2.75) is 44.9 Å².